The number of hydrogen-bond donors (Lipinski definition) is 1. The third kappa shape index (κ3) is 6.08. The summed E-state index contributed by atoms with van der Waals surface area (Å²) in [7, 11) is 0. The number of carbonyl (C=O) groups is 1. The molecule has 0 amide bonds. The Hall–Kier alpha value is -3.64. The Labute approximate surface area is 225 Å². The van der Waals surface area contributed by atoms with E-state index in [4.69, 9.17) is 9.72 Å². The minimum absolute atomic E-state index is 0.310. The molecule has 0 spiro atoms. The molecule has 4 rings (SSSR count). The van der Waals surface area contributed by atoms with Crippen LogP contribution in [0.4, 0.5) is 0 Å². The van der Waals surface area contributed by atoms with E-state index >= 15 is 0 Å². The van der Waals surface area contributed by atoms with Crippen LogP contribution in [0.15, 0.2) is 60.7 Å². The predicted octanol–water partition coefficient (Wildman–Crippen LogP) is 6.82. The van der Waals surface area contributed by atoms with Crippen molar-refractivity contribution in [2.24, 2.45) is 0 Å². The van der Waals surface area contributed by atoms with E-state index in [1.807, 2.05) is 24.3 Å². The first-order valence-corrected chi connectivity index (χ1v) is 13.7. The molecule has 4 aromatic rings. The standard InChI is InChI=1S/C32H39N3O3/c1-5-8-13-29-33-30-23(4)14-19-28(38-21-20-34(6-2)7-3)31(30)35(29)22-24-15-17-25(18-16-24)26-11-9-10-12-27(26)32(36)37/h9-12,14-19H,5-8,13,20-22H2,1-4H3,(H,36,37). The molecule has 38 heavy (non-hydrogen) atoms. The summed E-state index contributed by atoms with van der Waals surface area (Å²) >= 11 is 0. The molecule has 6 heteroatoms. The largest absolute Gasteiger partial charge is 0.490 e. The summed E-state index contributed by atoms with van der Waals surface area (Å²) in [6.07, 6.45) is 3.09. The fourth-order valence-electron chi connectivity index (χ4n) is 4.91. The number of aromatic nitrogens is 2. The Bertz CT molecular complexity index is 1370. The molecule has 0 radical (unpaired) electrons. The molecular formula is C32H39N3O3. The van der Waals surface area contributed by atoms with Crippen LogP contribution in [0.25, 0.3) is 22.2 Å². The zero-order chi connectivity index (χ0) is 27.1. The number of fused-ring (bicyclic) bond motifs is 1. The van der Waals surface area contributed by atoms with Crippen LogP contribution in [0, 0.1) is 6.92 Å². The summed E-state index contributed by atoms with van der Waals surface area (Å²) < 4.78 is 8.67. The van der Waals surface area contributed by atoms with Crippen molar-refractivity contribution in [3.05, 3.63) is 83.2 Å². The van der Waals surface area contributed by atoms with E-state index in [9.17, 15) is 9.90 Å². The van der Waals surface area contributed by atoms with Gasteiger partial charge in [-0.2, -0.15) is 0 Å². The first kappa shape index (κ1) is 27.4. The second kappa shape index (κ2) is 12.7. The molecule has 200 valence electrons. The van der Waals surface area contributed by atoms with E-state index in [-0.39, 0.29) is 0 Å². The van der Waals surface area contributed by atoms with E-state index in [1.165, 1.54) is 0 Å². The number of rotatable bonds is 13. The summed E-state index contributed by atoms with van der Waals surface area (Å²) in [6.45, 7) is 12.9. The number of carboxylic acids is 1. The first-order valence-electron chi connectivity index (χ1n) is 13.7. The third-order valence-electron chi connectivity index (χ3n) is 7.21. The third-order valence-corrected chi connectivity index (χ3v) is 7.21. The van der Waals surface area contributed by atoms with Crippen molar-refractivity contribution in [3.63, 3.8) is 0 Å². The summed E-state index contributed by atoms with van der Waals surface area (Å²) in [4.78, 5) is 19.1. The second-order valence-electron chi connectivity index (χ2n) is 9.72. The van der Waals surface area contributed by atoms with Gasteiger partial charge in [-0.05, 0) is 60.8 Å². The zero-order valence-corrected chi connectivity index (χ0v) is 23.0. The summed E-state index contributed by atoms with van der Waals surface area (Å²) in [6, 6.07) is 19.5. The number of ether oxygens (including phenoxy) is 1. The lowest BCUT2D eigenvalue weighted by molar-refractivity contribution is 0.0697. The maximum atomic E-state index is 11.7. The van der Waals surface area contributed by atoms with Gasteiger partial charge in [-0.15, -0.1) is 0 Å². The lowest BCUT2D eigenvalue weighted by Gasteiger charge is -2.19. The average molecular weight is 514 g/mol. The highest BCUT2D eigenvalue weighted by atomic mass is 16.5. The zero-order valence-electron chi connectivity index (χ0n) is 23.0. The number of aromatic carboxylic acids is 1. The molecule has 1 N–H and O–H groups in total. The van der Waals surface area contributed by atoms with E-state index in [2.05, 4.69) is 61.4 Å². The molecule has 1 aromatic heterocycles. The molecule has 0 unspecified atom stereocenters. The summed E-state index contributed by atoms with van der Waals surface area (Å²) in [5, 5.41) is 9.60. The number of benzene rings is 3. The lowest BCUT2D eigenvalue weighted by atomic mass is 9.98. The highest BCUT2D eigenvalue weighted by Crippen LogP contribution is 2.31. The van der Waals surface area contributed by atoms with E-state index < -0.39 is 5.97 Å². The highest BCUT2D eigenvalue weighted by molar-refractivity contribution is 5.96. The van der Waals surface area contributed by atoms with Gasteiger partial charge in [0.05, 0.1) is 11.1 Å². The molecule has 0 saturated heterocycles. The van der Waals surface area contributed by atoms with Gasteiger partial charge >= 0.3 is 5.97 Å². The fourth-order valence-corrected chi connectivity index (χ4v) is 4.91. The van der Waals surface area contributed by atoms with E-state index in [0.29, 0.717) is 18.7 Å². The van der Waals surface area contributed by atoms with Crippen LogP contribution in [0.1, 0.15) is 60.9 Å². The second-order valence-corrected chi connectivity index (χ2v) is 9.72. The normalized spacial score (nSPS) is 11.4. The number of nitrogens with zero attached hydrogens (tertiary/aromatic N) is 3. The van der Waals surface area contributed by atoms with Gasteiger partial charge in [-0.25, -0.2) is 9.78 Å². The van der Waals surface area contributed by atoms with Crippen molar-refractivity contribution < 1.29 is 14.6 Å². The van der Waals surface area contributed by atoms with Gasteiger partial charge in [0.2, 0.25) is 0 Å². The average Bonchev–Trinajstić information content (AvgIpc) is 3.30. The van der Waals surface area contributed by atoms with E-state index in [0.717, 1.165) is 83.8 Å². The fraction of sp³-hybridized carbons (Fsp3) is 0.375. The Morgan fingerprint density at radius 2 is 1.74 bits per heavy atom. The van der Waals surface area contributed by atoms with Gasteiger partial charge in [0.15, 0.2) is 0 Å². The Morgan fingerprint density at radius 1 is 1.00 bits per heavy atom. The monoisotopic (exact) mass is 513 g/mol. The SMILES string of the molecule is CCCCc1nc2c(C)ccc(OCCN(CC)CC)c2n1Cc1ccc(-c2ccccc2C(=O)O)cc1. The quantitative estimate of drug-likeness (QED) is 0.212. The number of likely N-dealkylation sites (N-methyl/N-ethyl adjacent to an activating group) is 1. The predicted molar refractivity (Wildman–Crippen MR) is 154 cm³/mol. The van der Waals surface area contributed by atoms with Crippen molar-refractivity contribution in [2.75, 3.05) is 26.2 Å². The van der Waals surface area contributed by atoms with Crippen molar-refractivity contribution >= 4 is 17.0 Å². The number of imidazole rings is 1. The molecular weight excluding hydrogens is 474 g/mol. The Kier molecular flexibility index (Phi) is 9.19. The number of carboxylic acid groups (broad SMARTS) is 1. The number of unbranched alkanes of at least 4 members (excludes halogenated alkanes) is 1. The van der Waals surface area contributed by atoms with Crippen LogP contribution < -0.4 is 4.74 Å². The Morgan fingerprint density at radius 3 is 2.42 bits per heavy atom. The summed E-state index contributed by atoms with van der Waals surface area (Å²) in [5.74, 6) is 1.03. The molecule has 0 fully saturated rings. The van der Waals surface area contributed by atoms with Gasteiger partial charge < -0.3 is 19.3 Å². The van der Waals surface area contributed by atoms with Crippen molar-refractivity contribution in [1.82, 2.24) is 14.5 Å². The van der Waals surface area contributed by atoms with Gasteiger partial charge in [-0.3, -0.25) is 0 Å². The van der Waals surface area contributed by atoms with Crippen molar-refractivity contribution in [2.45, 2.75) is 53.5 Å². The lowest BCUT2D eigenvalue weighted by Crippen LogP contribution is -2.28. The van der Waals surface area contributed by atoms with Crippen LogP contribution in [0.3, 0.4) is 0 Å². The van der Waals surface area contributed by atoms with Crippen molar-refractivity contribution in [3.8, 4) is 16.9 Å². The van der Waals surface area contributed by atoms with E-state index in [1.54, 1.807) is 12.1 Å². The molecule has 0 bridgehead atoms. The molecule has 6 nitrogen and oxygen atoms in total. The number of aryl methyl sites for hydroxylation is 2. The molecule has 0 atom stereocenters. The Balaban J connectivity index is 1.68. The van der Waals surface area contributed by atoms with Crippen LogP contribution in [0.2, 0.25) is 0 Å². The summed E-state index contributed by atoms with van der Waals surface area (Å²) in [5.41, 5.74) is 6.26. The maximum Gasteiger partial charge on any atom is 0.336 e. The minimum atomic E-state index is -0.918. The first-order chi connectivity index (χ1) is 18.5. The smallest absolute Gasteiger partial charge is 0.336 e. The van der Waals surface area contributed by atoms with Crippen LogP contribution in [0.5, 0.6) is 5.75 Å². The molecule has 0 aliphatic heterocycles. The highest BCUT2D eigenvalue weighted by Gasteiger charge is 2.18. The number of hydrogen-bond acceptors (Lipinski definition) is 4. The van der Waals surface area contributed by atoms with Gasteiger partial charge in [0.25, 0.3) is 0 Å². The van der Waals surface area contributed by atoms with Crippen molar-refractivity contribution in [1.29, 1.82) is 0 Å². The molecule has 3 aromatic carbocycles. The van der Waals surface area contributed by atoms with Crippen LogP contribution in [-0.2, 0) is 13.0 Å². The van der Waals surface area contributed by atoms with Gasteiger partial charge in [-0.1, -0.05) is 75.7 Å². The van der Waals surface area contributed by atoms with Crippen LogP contribution >= 0.6 is 0 Å². The topological polar surface area (TPSA) is 67.6 Å². The van der Waals surface area contributed by atoms with Gasteiger partial charge in [0, 0.05) is 19.5 Å². The molecule has 1 heterocycles. The maximum absolute atomic E-state index is 11.7. The van der Waals surface area contributed by atoms with Gasteiger partial charge in [0.1, 0.15) is 23.7 Å². The van der Waals surface area contributed by atoms with Crippen LogP contribution in [-0.4, -0.2) is 51.8 Å². The molecule has 0 aliphatic carbocycles. The minimum Gasteiger partial charge on any atom is -0.490 e. The molecule has 0 saturated carbocycles. The molecule has 0 aliphatic rings.